The van der Waals surface area contributed by atoms with Crippen LogP contribution in [-0.4, -0.2) is 41.7 Å². The molecule has 0 radical (unpaired) electrons. The first-order valence-electron chi connectivity index (χ1n) is 11.6. The summed E-state index contributed by atoms with van der Waals surface area (Å²) in [5.74, 6) is 0.813. The van der Waals surface area contributed by atoms with Crippen LogP contribution < -0.4 is 26.2 Å². The standard InChI is InChI=1S/C26H27N5O4/c1-35-21-9-7-20(8-10-21)28-26(34)30-14-17-13-18(16-30)24-22(11-12-23(32)31(24)15-17)29-25(33)27-19-5-3-2-4-6-19/h2-12,17-18H,13-16H2,1H3,(H,28,34)(H2,27,29,33). The number of pyridine rings is 1. The van der Waals surface area contributed by atoms with Gasteiger partial charge < -0.3 is 30.2 Å². The number of benzene rings is 2. The number of carbonyl (C=O) groups excluding carboxylic acids is 2. The Bertz CT molecular complexity index is 1290. The minimum atomic E-state index is -0.385. The minimum absolute atomic E-state index is 0.0648. The first-order chi connectivity index (χ1) is 17.0. The predicted octanol–water partition coefficient (Wildman–Crippen LogP) is 4.15. The zero-order valence-electron chi connectivity index (χ0n) is 19.4. The first-order valence-corrected chi connectivity index (χ1v) is 11.6. The Morgan fingerprint density at radius 1 is 0.857 bits per heavy atom. The molecule has 2 bridgehead atoms. The van der Waals surface area contributed by atoms with Crippen LogP contribution in [0.2, 0.25) is 0 Å². The van der Waals surface area contributed by atoms with Gasteiger partial charge in [-0.3, -0.25) is 4.79 Å². The molecule has 0 aliphatic carbocycles. The van der Waals surface area contributed by atoms with Crippen molar-refractivity contribution in [2.45, 2.75) is 18.9 Å². The number of rotatable bonds is 4. The number of carbonyl (C=O) groups is 2. The summed E-state index contributed by atoms with van der Waals surface area (Å²) in [6, 6.07) is 18.9. The molecule has 4 amide bonds. The van der Waals surface area contributed by atoms with Gasteiger partial charge in [-0.1, -0.05) is 18.2 Å². The smallest absolute Gasteiger partial charge is 0.323 e. The molecule has 2 aromatic carbocycles. The molecular weight excluding hydrogens is 446 g/mol. The SMILES string of the molecule is COc1ccc(NC(=O)N2CC3CC(C2)c2c(NC(=O)Nc4ccccc4)ccc(=O)n2C3)cc1. The average Bonchev–Trinajstić information content (AvgIpc) is 2.86. The van der Waals surface area contributed by atoms with E-state index in [1.807, 2.05) is 18.2 Å². The lowest BCUT2D eigenvalue weighted by atomic mass is 9.82. The number of nitrogens with one attached hydrogen (secondary N) is 3. The number of hydrogen-bond acceptors (Lipinski definition) is 4. The van der Waals surface area contributed by atoms with E-state index in [1.54, 1.807) is 59.0 Å². The van der Waals surface area contributed by atoms with E-state index >= 15 is 0 Å². The summed E-state index contributed by atoms with van der Waals surface area (Å²) in [5, 5.41) is 8.66. The van der Waals surface area contributed by atoms with Crippen molar-refractivity contribution in [3.8, 4) is 5.75 Å². The number of nitrogens with zero attached hydrogens (tertiary/aromatic N) is 2. The van der Waals surface area contributed by atoms with Crippen molar-refractivity contribution in [2.24, 2.45) is 5.92 Å². The molecule has 3 heterocycles. The normalized spacial score (nSPS) is 18.3. The molecule has 180 valence electrons. The summed E-state index contributed by atoms with van der Waals surface area (Å²) in [7, 11) is 1.59. The molecular formula is C26H27N5O4. The van der Waals surface area contributed by atoms with E-state index < -0.39 is 0 Å². The molecule has 1 aromatic heterocycles. The highest BCUT2D eigenvalue weighted by Gasteiger charge is 2.38. The molecule has 9 heteroatoms. The molecule has 3 N–H and O–H groups in total. The predicted molar refractivity (Wildman–Crippen MR) is 134 cm³/mol. The first kappa shape index (κ1) is 22.5. The zero-order valence-corrected chi connectivity index (χ0v) is 19.4. The van der Waals surface area contributed by atoms with Crippen molar-refractivity contribution in [1.82, 2.24) is 9.47 Å². The molecule has 2 aliphatic heterocycles. The fourth-order valence-corrected chi connectivity index (χ4v) is 4.97. The Labute approximate surface area is 202 Å². The molecule has 2 aliphatic rings. The number of piperidine rings is 1. The number of likely N-dealkylation sites (tertiary alicyclic amines) is 1. The van der Waals surface area contributed by atoms with Gasteiger partial charge in [-0.2, -0.15) is 0 Å². The zero-order chi connectivity index (χ0) is 24.4. The number of hydrogen-bond donors (Lipinski definition) is 3. The van der Waals surface area contributed by atoms with Crippen molar-refractivity contribution in [1.29, 1.82) is 0 Å². The van der Waals surface area contributed by atoms with Crippen LogP contribution in [0.15, 0.2) is 71.5 Å². The molecule has 1 saturated heterocycles. The summed E-state index contributed by atoms with van der Waals surface area (Å²) < 4.78 is 6.92. The summed E-state index contributed by atoms with van der Waals surface area (Å²) in [6.45, 7) is 1.53. The second-order valence-corrected chi connectivity index (χ2v) is 8.89. The highest BCUT2D eigenvalue weighted by molar-refractivity contribution is 6.00. The molecule has 5 rings (SSSR count). The lowest BCUT2D eigenvalue weighted by Crippen LogP contribution is -2.50. The van der Waals surface area contributed by atoms with Gasteiger partial charge in [0.05, 0.1) is 12.8 Å². The van der Waals surface area contributed by atoms with Gasteiger partial charge in [-0.05, 0) is 54.8 Å². The third-order valence-electron chi connectivity index (χ3n) is 6.50. The van der Waals surface area contributed by atoms with E-state index in [4.69, 9.17) is 4.74 Å². The summed E-state index contributed by atoms with van der Waals surface area (Å²) in [6.07, 6.45) is 0.852. The monoisotopic (exact) mass is 473 g/mol. The fourth-order valence-electron chi connectivity index (χ4n) is 4.97. The molecule has 9 nitrogen and oxygen atoms in total. The van der Waals surface area contributed by atoms with Crippen molar-refractivity contribution < 1.29 is 14.3 Å². The molecule has 2 atom stereocenters. The van der Waals surface area contributed by atoms with Gasteiger partial charge in [-0.15, -0.1) is 0 Å². The largest absolute Gasteiger partial charge is 0.497 e. The number of fused-ring (bicyclic) bond motifs is 4. The van der Waals surface area contributed by atoms with E-state index in [2.05, 4.69) is 16.0 Å². The molecule has 35 heavy (non-hydrogen) atoms. The van der Waals surface area contributed by atoms with E-state index in [0.717, 1.165) is 12.1 Å². The maximum Gasteiger partial charge on any atom is 0.323 e. The van der Waals surface area contributed by atoms with Gasteiger partial charge in [0.25, 0.3) is 5.56 Å². The van der Waals surface area contributed by atoms with Crippen molar-refractivity contribution in [3.05, 3.63) is 82.8 Å². The van der Waals surface area contributed by atoms with Crippen LogP contribution in [0.4, 0.5) is 26.7 Å². The lowest BCUT2D eigenvalue weighted by molar-refractivity contribution is 0.140. The van der Waals surface area contributed by atoms with Crippen LogP contribution in [0.3, 0.4) is 0 Å². The second kappa shape index (κ2) is 9.54. The summed E-state index contributed by atoms with van der Waals surface area (Å²) in [4.78, 5) is 40.1. The van der Waals surface area contributed by atoms with E-state index in [-0.39, 0.29) is 29.5 Å². The lowest BCUT2D eigenvalue weighted by Gasteiger charge is -2.43. The quantitative estimate of drug-likeness (QED) is 0.529. The Balaban J connectivity index is 1.34. The van der Waals surface area contributed by atoms with Gasteiger partial charge in [0.15, 0.2) is 0 Å². The van der Waals surface area contributed by atoms with Crippen LogP contribution in [0.25, 0.3) is 0 Å². The van der Waals surface area contributed by atoms with Gasteiger partial charge in [0, 0.05) is 48.7 Å². The van der Waals surface area contributed by atoms with Gasteiger partial charge in [0.1, 0.15) is 5.75 Å². The van der Waals surface area contributed by atoms with Gasteiger partial charge in [0.2, 0.25) is 0 Å². The van der Waals surface area contributed by atoms with E-state index in [0.29, 0.717) is 42.4 Å². The molecule has 3 aromatic rings. The maximum atomic E-state index is 13.0. The van der Waals surface area contributed by atoms with Crippen LogP contribution in [0.1, 0.15) is 18.0 Å². The number of ether oxygens (including phenoxy) is 1. The van der Waals surface area contributed by atoms with Gasteiger partial charge in [-0.25, -0.2) is 9.59 Å². The van der Waals surface area contributed by atoms with Crippen molar-refractivity contribution in [3.63, 3.8) is 0 Å². The third kappa shape index (κ3) is 4.84. The van der Waals surface area contributed by atoms with Crippen LogP contribution in [0.5, 0.6) is 5.75 Å². The summed E-state index contributed by atoms with van der Waals surface area (Å²) >= 11 is 0. The topological polar surface area (TPSA) is 105 Å². The number of anilines is 3. The maximum absolute atomic E-state index is 13.0. The van der Waals surface area contributed by atoms with E-state index in [9.17, 15) is 14.4 Å². The van der Waals surface area contributed by atoms with Gasteiger partial charge >= 0.3 is 12.1 Å². The van der Waals surface area contributed by atoms with Crippen molar-refractivity contribution >= 4 is 29.1 Å². The number of methoxy groups -OCH3 is 1. The Morgan fingerprint density at radius 3 is 2.34 bits per heavy atom. The van der Waals surface area contributed by atoms with Crippen LogP contribution in [0, 0.1) is 5.92 Å². The Morgan fingerprint density at radius 2 is 1.60 bits per heavy atom. The molecule has 0 spiro atoms. The molecule has 2 unspecified atom stereocenters. The molecule has 1 fully saturated rings. The van der Waals surface area contributed by atoms with Crippen LogP contribution >= 0.6 is 0 Å². The fraction of sp³-hybridized carbons (Fsp3) is 0.269. The minimum Gasteiger partial charge on any atom is -0.497 e. The third-order valence-corrected chi connectivity index (χ3v) is 6.50. The average molecular weight is 474 g/mol. The number of aromatic nitrogens is 1. The Kier molecular flexibility index (Phi) is 6.13. The highest BCUT2D eigenvalue weighted by Crippen LogP contribution is 2.38. The number of para-hydroxylation sites is 1. The number of amides is 4. The summed E-state index contributed by atoms with van der Waals surface area (Å²) in [5.41, 5.74) is 2.60. The van der Waals surface area contributed by atoms with Crippen molar-refractivity contribution in [2.75, 3.05) is 36.1 Å². The number of urea groups is 2. The second-order valence-electron chi connectivity index (χ2n) is 8.89. The molecule has 0 saturated carbocycles. The highest BCUT2D eigenvalue weighted by atomic mass is 16.5. The van der Waals surface area contributed by atoms with E-state index in [1.165, 1.54) is 6.07 Å². The van der Waals surface area contributed by atoms with Crippen LogP contribution in [-0.2, 0) is 6.54 Å². The Hall–Kier alpha value is -4.27.